The Morgan fingerprint density at radius 3 is 2.79 bits per heavy atom. The molecule has 1 heterocycles. The summed E-state index contributed by atoms with van der Waals surface area (Å²) in [5.74, 6) is -0.325. The number of rotatable bonds is 2. The van der Waals surface area contributed by atoms with Crippen LogP contribution in [0.5, 0.6) is 0 Å². The Balaban J connectivity index is 2.65. The van der Waals surface area contributed by atoms with Crippen molar-refractivity contribution in [2.45, 2.75) is 38.8 Å². The predicted octanol–water partition coefficient (Wildman–Crippen LogP) is 0.484. The number of carbonyl (C=O) groups excluding carboxylic acids is 1. The van der Waals surface area contributed by atoms with Gasteiger partial charge in [-0.25, -0.2) is 0 Å². The number of nitriles is 1. The summed E-state index contributed by atoms with van der Waals surface area (Å²) < 4.78 is 0. The van der Waals surface area contributed by atoms with E-state index >= 15 is 0 Å². The Labute approximate surface area is 84.7 Å². The number of hydrogen-bond donors (Lipinski definition) is 1. The maximum Gasteiger partial charge on any atom is 0.221 e. The SMILES string of the molecule is CC(C#N)N1CC(C(N)=O)CCC1C. The van der Waals surface area contributed by atoms with Gasteiger partial charge in [0.2, 0.25) is 5.91 Å². The second-order valence-corrected chi connectivity index (χ2v) is 4.03. The number of hydrogen-bond acceptors (Lipinski definition) is 3. The second-order valence-electron chi connectivity index (χ2n) is 4.03. The van der Waals surface area contributed by atoms with Crippen LogP contribution in [0.2, 0.25) is 0 Å². The molecule has 0 aromatic heterocycles. The van der Waals surface area contributed by atoms with E-state index in [0.717, 1.165) is 12.8 Å². The van der Waals surface area contributed by atoms with E-state index in [0.29, 0.717) is 12.6 Å². The van der Waals surface area contributed by atoms with Gasteiger partial charge in [0.05, 0.1) is 18.0 Å². The van der Waals surface area contributed by atoms with Gasteiger partial charge < -0.3 is 5.73 Å². The van der Waals surface area contributed by atoms with Crippen LogP contribution in [0.15, 0.2) is 0 Å². The highest BCUT2D eigenvalue weighted by molar-refractivity contribution is 5.77. The molecule has 3 atom stereocenters. The molecule has 0 radical (unpaired) electrons. The molecule has 1 rings (SSSR count). The van der Waals surface area contributed by atoms with E-state index in [4.69, 9.17) is 11.0 Å². The maximum atomic E-state index is 11.0. The molecule has 0 aromatic rings. The van der Waals surface area contributed by atoms with E-state index in [1.165, 1.54) is 0 Å². The highest BCUT2D eigenvalue weighted by Crippen LogP contribution is 2.23. The standard InChI is InChI=1S/C10H17N3O/c1-7-3-4-9(10(12)14)6-13(7)8(2)5-11/h7-9H,3-4,6H2,1-2H3,(H2,12,14). The Kier molecular flexibility index (Phi) is 3.48. The minimum Gasteiger partial charge on any atom is -0.369 e. The topological polar surface area (TPSA) is 70.1 Å². The van der Waals surface area contributed by atoms with E-state index in [2.05, 4.69) is 17.9 Å². The average molecular weight is 195 g/mol. The van der Waals surface area contributed by atoms with Crippen molar-refractivity contribution in [2.75, 3.05) is 6.54 Å². The van der Waals surface area contributed by atoms with Crippen LogP contribution < -0.4 is 5.73 Å². The minimum atomic E-state index is -0.243. The van der Waals surface area contributed by atoms with Crippen LogP contribution in [0.3, 0.4) is 0 Å². The molecule has 0 spiro atoms. The van der Waals surface area contributed by atoms with Crippen molar-refractivity contribution in [1.82, 2.24) is 4.90 Å². The molecule has 1 fully saturated rings. The number of carbonyl (C=O) groups is 1. The van der Waals surface area contributed by atoms with E-state index in [1.54, 1.807) is 0 Å². The van der Waals surface area contributed by atoms with Crippen LogP contribution in [0.1, 0.15) is 26.7 Å². The van der Waals surface area contributed by atoms with Gasteiger partial charge in [0.15, 0.2) is 0 Å². The van der Waals surface area contributed by atoms with Crippen molar-refractivity contribution < 1.29 is 4.79 Å². The lowest BCUT2D eigenvalue weighted by atomic mass is 9.92. The van der Waals surface area contributed by atoms with Gasteiger partial charge >= 0.3 is 0 Å². The molecule has 14 heavy (non-hydrogen) atoms. The summed E-state index contributed by atoms with van der Waals surface area (Å²) in [5.41, 5.74) is 5.27. The van der Waals surface area contributed by atoms with Gasteiger partial charge in [0.25, 0.3) is 0 Å². The van der Waals surface area contributed by atoms with Gasteiger partial charge in [-0.2, -0.15) is 5.26 Å². The van der Waals surface area contributed by atoms with Crippen molar-refractivity contribution in [3.05, 3.63) is 0 Å². The zero-order valence-electron chi connectivity index (χ0n) is 8.73. The number of nitrogens with two attached hydrogens (primary N) is 1. The highest BCUT2D eigenvalue weighted by Gasteiger charge is 2.31. The summed E-state index contributed by atoms with van der Waals surface area (Å²) >= 11 is 0. The molecule has 1 amide bonds. The normalized spacial score (nSPS) is 30.6. The number of amides is 1. The molecule has 3 unspecified atom stereocenters. The summed E-state index contributed by atoms with van der Waals surface area (Å²) in [7, 11) is 0. The van der Waals surface area contributed by atoms with Gasteiger partial charge in [0, 0.05) is 12.6 Å². The molecule has 4 heteroatoms. The molecule has 0 bridgehead atoms. The van der Waals surface area contributed by atoms with Crippen LogP contribution in [0, 0.1) is 17.2 Å². The molecule has 0 saturated carbocycles. The Hall–Kier alpha value is -1.08. The Morgan fingerprint density at radius 2 is 2.29 bits per heavy atom. The van der Waals surface area contributed by atoms with Gasteiger partial charge in [0.1, 0.15) is 0 Å². The minimum absolute atomic E-state index is 0.0815. The number of likely N-dealkylation sites (tertiary alicyclic amines) is 1. The summed E-state index contributed by atoms with van der Waals surface area (Å²) in [5, 5.41) is 8.82. The Bertz CT molecular complexity index is 259. The quantitative estimate of drug-likeness (QED) is 0.697. The van der Waals surface area contributed by atoms with E-state index in [1.807, 2.05) is 6.92 Å². The van der Waals surface area contributed by atoms with Crippen molar-refractivity contribution in [1.29, 1.82) is 5.26 Å². The van der Waals surface area contributed by atoms with Gasteiger partial charge in [-0.15, -0.1) is 0 Å². The first-order valence-corrected chi connectivity index (χ1v) is 5.01. The maximum absolute atomic E-state index is 11.0. The first-order valence-electron chi connectivity index (χ1n) is 5.01. The fourth-order valence-corrected chi connectivity index (χ4v) is 1.98. The lowest BCUT2D eigenvalue weighted by molar-refractivity contribution is -0.124. The third-order valence-corrected chi connectivity index (χ3v) is 3.02. The molecule has 1 saturated heterocycles. The summed E-state index contributed by atoms with van der Waals surface area (Å²) in [6.45, 7) is 4.58. The average Bonchev–Trinajstić information content (AvgIpc) is 2.17. The summed E-state index contributed by atoms with van der Waals surface area (Å²) in [6, 6.07) is 2.44. The number of nitrogens with zero attached hydrogens (tertiary/aromatic N) is 2. The molecule has 78 valence electrons. The number of piperidine rings is 1. The largest absolute Gasteiger partial charge is 0.369 e. The predicted molar refractivity (Wildman–Crippen MR) is 53.2 cm³/mol. The van der Waals surface area contributed by atoms with Gasteiger partial charge in [-0.3, -0.25) is 9.69 Å². The molecule has 1 aliphatic rings. The molecule has 1 aliphatic heterocycles. The lowest BCUT2D eigenvalue weighted by Gasteiger charge is -2.38. The highest BCUT2D eigenvalue weighted by atomic mass is 16.1. The van der Waals surface area contributed by atoms with Crippen molar-refractivity contribution in [3.8, 4) is 6.07 Å². The summed E-state index contributed by atoms with van der Waals surface area (Å²) in [6.07, 6.45) is 1.80. The molecule has 0 aromatic carbocycles. The van der Waals surface area contributed by atoms with Crippen molar-refractivity contribution in [3.63, 3.8) is 0 Å². The van der Waals surface area contributed by atoms with E-state index in [9.17, 15) is 4.79 Å². The van der Waals surface area contributed by atoms with Gasteiger partial charge in [-0.1, -0.05) is 0 Å². The van der Waals surface area contributed by atoms with Crippen molar-refractivity contribution >= 4 is 5.91 Å². The molecule has 0 aliphatic carbocycles. The molecular formula is C10H17N3O. The smallest absolute Gasteiger partial charge is 0.221 e. The van der Waals surface area contributed by atoms with Crippen LogP contribution >= 0.6 is 0 Å². The zero-order valence-corrected chi connectivity index (χ0v) is 8.73. The first-order chi connectivity index (χ1) is 6.56. The second kappa shape index (κ2) is 4.43. The van der Waals surface area contributed by atoms with E-state index < -0.39 is 0 Å². The third-order valence-electron chi connectivity index (χ3n) is 3.02. The monoisotopic (exact) mass is 195 g/mol. The first kappa shape index (κ1) is 11.0. The summed E-state index contributed by atoms with van der Waals surface area (Å²) in [4.78, 5) is 13.1. The molecule has 4 nitrogen and oxygen atoms in total. The van der Waals surface area contributed by atoms with Gasteiger partial charge in [-0.05, 0) is 26.7 Å². The molecule has 2 N–H and O–H groups in total. The van der Waals surface area contributed by atoms with Crippen LogP contribution in [-0.2, 0) is 4.79 Å². The van der Waals surface area contributed by atoms with Crippen LogP contribution in [0.4, 0.5) is 0 Å². The fourth-order valence-electron chi connectivity index (χ4n) is 1.98. The Morgan fingerprint density at radius 1 is 1.64 bits per heavy atom. The van der Waals surface area contributed by atoms with E-state index in [-0.39, 0.29) is 17.9 Å². The van der Waals surface area contributed by atoms with Crippen LogP contribution in [0.25, 0.3) is 0 Å². The lowest BCUT2D eigenvalue weighted by Crippen LogP contribution is -2.49. The fraction of sp³-hybridized carbons (Fsp3) is 0.800. The molecular weight excluding hydrogens is 178 g/mol. The third kappa shape index (κ3) is 2.24. The number of primary amides is 1. The zero-order chi connectivity index (χ0) is 10.7. The van der Waals surface area contributed by atoms with Crippen molar-refractivity contribution in [2.24, 2.45) is 11.7 Å². The van der Waals surface area contributed by atoms with Crippen LogP contribution in [-0.4, -0.2) is 29.4 Å².